The Morgan fingerprint density at radius 3 is 1.61 bits per heavy atom. The molecule has 0 heterocycles. The van der Waals surface area contributed by atoms with E-state index in [1.165, 1.54) is 0 Å². The van der Waals surface area contributed by atoms with Crippen LogP contribution >= 0.6 is 0 Å². The molecular weight excluding hydrogens is 222 g/mol. The summed E-state index contributed by atoms with van der Waals surface area (Å²) < 4.78 is 0. The molecule has 2 heteroatoms. The summed E-state index contributed by atoms with van der Waals surface area (Å²) in [7, 11) is 1.84. The molecule has 2 rings (SSSR count). The highest BCUT2D eigenvalue weighted by Crippen LogP contribution is 2.27. The number of hydrogen-bond donors (Lipinski definition) is 0. The third kappa shape index (κ3) is 2.59. The van der Waals surface area contributed by atoms with E-state index in [1.807, 2.05) is 43.4 Å². The Bertz CT molecular complexity index is 468. The Labute approximate surface area is 108 Å². The molecular formula is C16H17NO. The van der Waals surface area contributed by atoms with Crippen molar-refractivity contribution in [3.63, 3.8) is 0 Å². The highest BCUT2D eigenvalue weighted by atomic mass is 16.2. The fourth-order valence-corrected chi connectivity index (χ4v) is 2.09. The van der Waals surface area contributed by atoms with Gasteiger partial charge in [0.2, 0.25) is 5.91 Å². The number of benzene rings is 2. The van der Waals surface area contributed by atoms with Crippen molar-refractivity contribution in [1.82, 2.24) is 4.90 Å². The van der Waals surface area contributed by atoms with Crippen molar-refractivity contribution in [3.05, 3.63) is 71.8 Å². The molecule has 0 aliphatic heterocycles. The van der Waals surface area contributed by atoms with Crippen LogP contribution in [0.2, 0.25) is 0 Å². The Balaban J connectivity index is 2.45. The number of amides is 1. The van der Waals surface area contributed by atoms with Gasteiger partial charge in [0, 0.05) is 14.0 Å². The zero-order chi connectivity index (χ0) is 13.0. The Kier molecular flexibility index (Phi) is 3.78. The van der Waals surface area contributed by atoms with Gasteiger partial charge >= 0.3 is 0 Å². The maximum atomic E-state index is 11.7. The fraction of sp³-hybridized carbons (Fsp3) is 0.188. The highest BCUT2D eigenvalue weighted by molar-refractivity contribution is 5.74. The third-order valence-corrected chi connectivity index (χ3v) is 3.11. The van der Waals surface area contributed by atoms with Gasteiger partial charge < -0.3 is 4.90 Å². The lowest BCUT2D eigenvalue weighted by Gasteiger charge is -2.28. The highest BCUT2D eigenvalue weighted by Gasteiger charge is 2.20. The van der Waals surface area contributed by atoms with E-state index in [2.05, 4.69) is 24.3 Å². The van der Waals surface area contributed by atoms with Gasteiger partial charge in [-0.3, -0.25) is 4.79 Å². The van der Waals surface area contributed by atoms with Crippen molar-refractivity contribution in [2.45, 2.75) is 13.0 Å². The summed E-state index contributed by atoms with van der Waals surface area (Å²) >= 11 is 0. The molecule has 0 fully saturated rings. The second-order valence-electron chi connectivity index (χ2n) is 4.35. The van der Waals surface area contributed by atoms with Crippen molar-refractivity contribution < 1.29 is 4.79 Å². The van der Waals surface area contributed by atoms with Gasteiger partial charge in [-0.15, -0.1) is 0 Å². The first-order chi connectivity index (χ1) is 8.70. The molecule has 0 bridgehead atoms. The first kappa shape index (κ1) is 12.4. The SMILES string of the molecule is CC(=O)N(C)C(c1ccccc1)c1ccccc1. The van der Waals surface area contributed by atoms with E-state index in [9.17, 15) is 4.79 Å². The molecule has 0 saturated heterocycles. The maximum absolute atomic E-state index is 11.7. The molecule has 2 aromatic rings. The zero-order valence-corrected chi connectivity index (χ0v) is 10.7. The van der Waals surface area contributed by atoms with Gasteiger partial charge in [0.1, 0.15) is 0 Å². The second-order valence-corrected chi connectivity index (χ2v) is 4.35. The smallest absolute Gasteiger partial charge is 0.219 e. The normalized spacial score (nSPS) is 10.4. The third-order valence-electron chi connectivity index (χ3n) is 3.11. The molecule has 0 unspecified atom stereocenters. The molecule has 0 aliphatic rings. The Morgan fingerprint density at radius 1 is 0.889 bits per heavy atom. The van der Waals surface area contributed by atoms with Crippen LogP contribution in [0.3, 0.4) is 0 Å². The minimum absolute atomic E-state index is 0.0232. The first-order valence-electron chi connectivity index (χ1n) is 6.03. The van der Waals surface area contributed by atoms with E-state index in [-0.39, 0.29) is 11.9 Å². The molecule has 92 valence electrons. The van der Waals surface area contributed by atoms with Gasteiger partial charge in [-0.25, -0.2) is 0 Å². The molecule has 0 aromatic heterocycles. The molecule has 0 aliphatic carbocycles. The van der Waals surface area contributed by atoms with Crippen LogP contribution in [-0.2, 0) is 4.79 Å². The molecule has 0 spiro atoms. The second kappa shape index (κ2) is 5.50. The largest absolute Gasteiger partial charge is 0.335 e. The molecule has 2 nitrogen and oxygen atoms in total. The summed E-state index contributed by atoms with van der Waals surface area (Å²) in [4.78, 5) is 13.4. The van der Waals surface area contributed by atoms with Crippen LogP contribution in [0.1, 0.15) is 24.1 Å². The van der Waals surface area contributed by atoms with Gasteiger partial charge in [-0.1, -0.05) is 60.7 Å². The minimum Gasteiger partial charge on any atom is -0.335 e. The van der Waals surface area contributed by atoms with Crippen molar-refractivity contribution in [2.75, 3.05) is 7.05 Å². The number of rotatable bonds is 3. The lowest BCUT2D eigenvalue weighted by Crippen LogP contribution is -2.29. The summed E-state index contributed by atoms with van der Waals surface area (Å²) in [6.07, 6.45) is 0. The first-order valence-corrected chi connectivity index (χ1v) is 6.03. The maximum Gasteiger partial charge on any atom is 0.219 e. The van der Waals surface area contributed by atoms with Crippen LogP contribution < -0.4 is 0 Å². The number of hydrogen-bond acceptors (Lipinski definition) is 1. The average molecular weight is 239 g/mol. The molecule has 0 saturated carbocycles. The summed E-state index contributed by atoms with van der Waals surface area (Å²) in [6.45, 7) is 1.60. The fourth-order valence-electron chi connectivity index (χ4n) is 2.09. The Hall–Kier alpha value is -2.09. The summed E-state index contributed by atoms with van der Waals surface area (Å²) in [5, 5.41) is 0. The van der Waals surface area contributed by atoms with Crippen LogP contribution in [-0.4, -0.2) is 17.9 Å². The topological polar surface area (TPSA) is 20.3 Å². The molecule has 1 amide bonds. The summed E-state index contributed by atoms with van der Waals surface area (Å²) in [5.74, 6) is 0.0627. The number of carbonyl (C=O) groups is 1. The molecule has 2 aromatic carbocycles. The van der Waals surface area contributed by atoms with Crippen LogP contribution in [0.4, 0.5) is 0 Å². The van der Waals surface area contributed by atoms with Crippen LogP contribution in [0, 0.1) is 0 Å². The monoisotopic (exact) mass is 239 g/mol. The van der Waals surface area contributed by atoms with E-state index < -0.39 is 0 Å². The van der Waals surface area contributed by atoms with Gasteiger partial charge in [0.25, 0.3) is 0 Å². The standard InChI is InChI=1S/C16H17NO/c1-13(18)17(2)16(14-9-5-3-6-10-14)15-11-7-4-8-12-15/h3-12,16H,1-2H3. The van der Waals surface area contributed by atoms with Crippen LogP contribution in [0.25, 0.3) is 0 Å². The summed E-state index contributed by atoms with van der Waals surface area (Å²) in [6, 6.07) is 20.2. The van der Waals surface area contributed by atoms with Crippen molar-refractivity contribution in [1.29, 1.82) is 0 Å². The molecule has 0 radical (unpaired) electrons. The molecule has 18 heavy (non-hydrogen) atoms. The molecule has 0 atom stereocenters. The van der Waals surface area contributed by atoms with E-state index >= 15 is 0 Å². The van der Waals surface area contributed by atoms with Gasteiger partial charge in [0.15, 0.2) is 0 Å². The average Bonchev–Trinajstić information content (AvgIpc) is 2.41. The van der Waals surface area contributed by atoms with Gasteiger partial charge in [-0.05, 0) is 11.1 Å². The predicted octanol–water partition coefficient (Wildman–Crippen LogP) is 3.25. The quantitative estimate of drug-likeness (QED) is 0.805. The van der Waals surface area contributed by atoms with E-state index in [1.54, 1.807) is 11.8 Å². The van der Waals surface area contributed by atoms with Crippen molar-refractivity contribution >= 4 is 5.91 Å². The van der Waals surface area contributed by atoms with Gasteiger partial charge in [0.05, 0.1) is 6.04 Å². The van der Waals surface area contributed by atoms with Crippen LogP contribution in [0.15, 0.2) is 60.7 Å². The lowest BCUT2D eigenvalue weighted by molar-refractivity contribution is -0.129. The van der Waals surface area contributed by atoms with E-state index in [0.29, 0.717) is 0 Å². The lowest BCUT2D eigenvalue weighted by atomic mass is 9.97. The Morgan fingerprint density at radius 2 is 1.28 bits per heavy atom. The van der Waals surface area contributed by atoms with Crippen molar-refractivity contribution in [3.8, 4) is 0 Å². The minimum atomic E-state index is -0.0232. The van der Waals surface area contributed by atoms with E-state index in [4.69, 9.17) is 0 Å². The summed E-state index contributed by atoms with van der Waals surface area (Å²) in [5.41, 5.74) is 2.25. The predicted molar refractivity (Wildman–Crippen MR) is 73.2 cm³/mol. The zero-order valence-electron chi connectivity index (χ0n) is 10.7. The van der Waals surface area contributed by atoms with Crippen molar-refractivity contribution in [2.24, 2.45) is 0 Å². The van der Waals surface area contributed by atoms with Gasteiger partial charge in [-0.2, -0.15) is 0 Å². The van der Waals surface area contributed by atoms with E-state index in [0.717, 1.165) is 11.1 Å². The van der Waals surface area contributed by atoms with Crippen LogP contribution in [0.5, 0.6) is 0 Å². The number of carbonyl (C=O) groups excluding carboxylic acids is 1. The number of nitrogens with zero attached hydrogens (tertiary/aromatic N) is 1. The molecule has 0 N–H and O–H groups in total.